The molecule has 2 fully saturated rings. The number of hydrogen-bond donors (Lipinski definition) is 1. The molecule has 1 aromatic rings. The van der Waals surface area contributed by atoms with Crippen molar-refractivity contribution in [2.24, 2.45) is 23.5 Å². The zero-order valence-electron chi connectivity index (χ0n) is 9.70. The molecule has 3 atom stereocenters. The summed E-state index contributed by atoms with van der Waals surface area (Å²) in [6, 6.07) is 3.92. The number of fused-ring (bicyclic) bond motifs is 1. The molecule has 2 aliphatic rings. The zero-order valence-corrected chi connectivity index (χ0v) is 9.70. The predicted octanol–water partition coefficient (Wildman–Crippen LogP) is 3.40. The molecule has 0 aliphatic heterocycles. The molecule has 92 valence electrons. The average Bonchev–Trinajstić information content (AvgIpc) is 3.06. The van der Waals surface area contributed by atoms with Crippen molar-refractivity contribution in [3.63, 3.8) is 0 Å². The summed E-state index contributed by atoms with van der Waals surface area (Å²) >= 11 is 0. The van der Waals surface area contributed by atoms with Crippen molar-refractivity contribution >= 4 is 0 Å². The van der Waals surface area contributed by atoms with Gasteiger partial charge in [-0.15, -0.1) is 0 Å². The van der Waals surface area contributed by atoms with Gasteiger partial charge in [0.05, 0.1) is 0 Å². The molecule has 2 aliphatic carbocycles. The van der Waals surface area contributed by atoms with Crippen LogP contribution in [0.5, 0.6) is 0 Å². The Bertz CT molecular complexity index is 420. The SMILES string of the molecule is NC(c1ccc(F)c(F)c1)C1C2CCCCC21. The van der Waals surface area contributed by atoms with E-state index in [1.54, 1.807) is 6.07 Å². The molecule has 0 spiro atoms. The molecule has 3 rings (SSSR count). The molecular weight excluding hydrogens is 220 g/mol. The van der Waals surface area contributed by atoms with E-state index in [-0.39, 0.29) is 6.04 Å². The van der Waals surface area contributed by atoms with E-state index >= 15 is 0 Å². The molecule has 1 aromatic carbocycles. The maximum absolute atomic E-state index is 13.2. The molecule has 2 saturated carbocycles. The summed E-state index contributed by atoms with van der Waals surface area (Å²) in [5.41, 5.74) is 6.93. The van der Waals surface area contributed by atoms with Crippen LogP contribution < -0.4 is 5.73 Å². The quantitative estimate of drug-likeness (QED) is 0.838. The first-order valence-electron chi connectivity index (χ1n) is 6.39. The maximum atomic E-state index is 13.2. The fourth-order valence-corrected chi connectivity index (χ4v) is 3.52. The van der Waals surface area contributed by atoms with Crippen molar-refractivity contribution in [1.29, 1.82) is 0 Å². The molecule has 17 heavy (non-hydrogen) atoms. The van der Waals surface area contributed by atoms with Gasteiger partial charge in [0.15, 0.2) is 11.6 Å². The first kappa shape index (κ1) is 11.1. The summed E-state index contributed by atoms with van der Waals surface area (Å²) in [5.74, 6) is 0.358. The minimum absolute atomic E-state index is 0.127. The normalized spacial score (nSPS) is 33.0. The Balaban J connectivity index is 1.78. The first-order valence-corrected chi connectivity index (χ1v) is 6.39. The van der Waals surface area contributed by atoms with Crippen LogP contribution in [0.25, 0.3) is 0 Å². The average molecular weight is 237 g/mol. The molecule has 1 nitrogen and oxygen atoms in total. The topological polar surface area (TPSA) is 26.0 Å². The summed E-state index contributed by atoms with van der Waals surface area (Å²) in [6.45, 7) is 0. The second-order valence-electron chi connectivity index (χ2n) is 5.39. The van der Waals surface area contributed by atoms with Gasteiger partial charge in [-0.25, -0.2) is 8.78 Å². The van der Waals surface area contributed by atoms with Gasteiger partial charge in [0.1, 0.15) is 0 Å². The van der Waals surface area contributed by atoms with Crippen molar-refractivity contribution < 1.29 is 8.78 Å². The van der Waals surface area contributed by atoms with Crippen LogP contribution in [0.15, 0.2) is 18.2 Å². The molecule has 0 aromatic heterocycles. The van der Waals surface area contributed by atoms with Gasteiger partial charge in [0.2, 0.25) is 0 Å². The van der Waals surface area contributed by atoms with E-state index in [9.17, 15) is 8.78 Å². The van der Waals surface area contributed by atoms with Crippen LogP contribution in [0, 0.1) is 29.4 Å². The van der Waals surface area contributed by atoms with Crippen LogP contribution >= 0.6 is 0 Å². The van der Waals surface area contributed by atoms with Crippen molar-refractivity contribution in [3.05, 3.63) is 35.4 Å². The highest BCUT2D eigenvalue weighted by atomic mass is 19.2. The van der Waals surface area contributed by atoms with Crippen LogP contribution in [0.1, 0.15) is 37.3 Å². The van der Waals surface area contributed by atoms with Gasteiger partial charge < -0.3 is 5.73 Å². The Morgan fingerprint density at radius 1 is 1.06 bits per heavy atom. The molecule has 0 amide bonds. The van der Waals surface area contributed by atoms with E-state index in [0.29, 0.717) is 5.92 Å². The van der Waals surface area contributed by atoms with Gasteiger partial charge in [-0.05, 0) is 48.3 Å². The van der Waals surface area contributed by atoms with Crippen LogP contribution in [0.4, 0.5) is 8.78 Å². The Morgan fingerprint density at radius 2 is 1.71 bits per heavy atom. The monoisotopic (exact) mass is 237 g/mol. The number of nitrogens with two attached hydrogens (primary N) is 1. The fourth-order valence-electron chi connectivity index (χ4n) is 3.52. The third-order valence-corrected chi connectivity index (χ3v) is 4.47. The number of halogens is 2. The van der Waals surface area contributed by atoms with Gasteiger partial charge in [0.25, 0.3) is 0 Å². The second kappa shape index (κ2) is 4.05. The van der Waals surface area contributed by atoms with Crippen molar-refractivity contribution in [1.82, 2.24) is 0 Å². The lowest BCUT2D eigenvalue weighted by Crippen LogP contribution is -2.14. The molecule has 0 saturated heterocycles. The first-order chi connectivity index (χ1) is 8.18. The highest BCUT2D eigenvalue weighted by molar-refractivity contribution is 5.24. The Labute approximate surface area is 100 Å². The smallest absolute Gasteiger partial charge is 0.159 e. The minimum Gasteiger partial charge on any atom is -0.324 e. The highest BCUT2D eigenvalue weighted by Crippen LogP contribution is 2.59. The third kappa shape index (κ3) is 1.86. The van der Waals surface area contributed by atoms with Crippen molar-refractivity contribution in [2.75, 3.05) is 0 Å². The summed E-state index contributed by atoms with van der Waals surface area (Å²) in [4.78, 5) is 0. The maximum Gasteiger partial charge on any atom is 0.159 e. The van der Waals surface area contributed by atoms with Gasteiger partial charge in [-0.1, -0.05) is 18.9 Å². The molecule has 0 radical (unpaired) electrons. The molecular formula is C14H17F2N. The van der Waals surface area contributed by atoms with Gasteiger partial charge in [0, 0.05) is 6.04 Å². The second-order valence-corrected chi connectivity index (χ2v) is 5.39. The lowest BCUT2D eigenvalue weighted by atomic mass is 10.0. The van der Waals surface area contributed by atoms with Crippen molar-refractivity contribution in [3.8, 4) is 0 Å². The number of benzene rings is 1. The standard InChI is InChI=1S/C14H17F2N/c15-11-6-5-8(7-12(11)16)14(17)13-9-3-1-2-4-10(9)13/h5-7,9-10,13-14H,1-4,17H2. The van der Waals surface area contributed by atoms with E-state index in [0.717, 1.165) is 17.4 Å². The van der Waals surface area contributed by atoms with E-state index in [2.05, 4.69) is 0 Å². The number of rotatable bonds is 2. The van der Waals surface area contributed by atoms with E-state index < -0.39 is 11.6 Å². The number of hydrogen-bond acceptors (Lipinski definition) is 1. The summed E-state index contributed by atoms with van der Waals surface area (Å²) in [5, 5.41) is 0. The predicted molar refractivity (Wildman–Crippen MR) is 62.2 cm³/mol. The molecule has 0 bridgehead atoms. The minimum atomic E-state index is -0.797. The highest BCUT2D eigenvalue weighted by Gasteiger charge is 2.53. The lowest BCUT2D eigenvalue weighted by molar-refractivity contribution is 0.480. The van der Waals surface area contributed by atoms with E-state index in [1.807, 2.05) is 0 Å². The van der Waals surface area contributed by atoms with Crippen molar-refractivity contribution in [2.45, 2.75) is 31.7 Å². The van der Waals surface area contributed by atoms with Crippen LogP contribution in [-0.2, 0) is 0 Å². The fraction of sp³-hybridized carbons (Fsp3) is 0.571. The van der Waals surface area contributed by atoms with E-state index in [1.165, 1.54) is 37.8 Å². The molecule has 3 unspecified atom stereocenters. The Morgan fingerprint density at radius 3 is 2.29 bits per heavy atom. The third-order valence-electron chi connectivity index (χ3n) is 4.47. The van der Waals surface area contributed by atoms with Crippen LogP contribution in [-0.4, -0.2) is 0 Å². The van der Waals surface area contributed by atoms with Crippen LogP contribution in [0.3, 0.4) is 0 Å². The molecule has 0 heterocycles. The van der Waals surface area contributed by atoms with Gasteiger partial charge in [-0.2, -0.15) is 0 Å². The molecule has 2 N–H and O–H groups in total. The van der Waals surface area contributed by atoms with Crippen LogP contribution in [0.2, 0.25) is 0 Å². The summed E-state index contributed by atoms with van der Waals surface area (Å²) < 4.78 is 26.0. The zero-order chi connectivity index (χ0) is 12.0. The van der Waals surface area contributed by atoms with Gasteiger partial charge in [-0.3, -0.25) is 0 Å². The Kier molecular flexibility index (Phi) is 2.66. The summed E-state index contributed by atoms with van der Waals surface area (Å²) in [6.07, 6.45) is 5.10. The summed E-state index contributed by atoms with van der Waals surface area (Å²) in [7, 11) is 0. The Hall–Kier alpha value is -0.960. The van der Waals surface area contributed by atoms with E-state index in [4.69, 9.17) is 5.73 Å². The largest absolute Gasteiger partial charge is 0.324 e. The van der Waals surface area contributed by atoms with Gasteiger partial charge >= 0.3 is 0 Å². The lowest BCUT2D eigenvalue weighted by Gasteiger charge is -2.12. The molecule has 3 heteroatoms.